The highest BCUT2D eigenvalue weighted by atomic mass is 31.0. The molecule has 0 aliphatic carbocycles. The van der Waals surface area contributed by atoms with Crippen molar-refractivity contribution in [3.05, 3.63) is 29.6 Å². The summed E-state index contributed by atoms with van der Waals surface area (Å²) < 4.78 is 12.6. The maximum absolute atomic E-state index is 12.6. The molecule has 0 saturated heterocycles. The van der Waals surface area contributed by atoms with E-state index in [4.69, 9.17) is 0 Å². The van der Waals surface area contributed by atoms with Gasteiger partial charge in [-0.3, -0.25) is 0 Å². The largest absolute Gasteiger partial charge is 0.206 e. The van der Waals surface area contributed by atoms with Gasteiger partial charge in [-0.25, -0.2) is 4.39 Å². The second-order valence-corrected chi connectivity index (χ2v) is 2.65. The van der Waals surface area contributed by atoms with E-state index in [1.54, 1.807) is 6.07 Å². The van der Waals surface area contributed by atoms with E-state index in [0.717, 1.165) is 5.56 Å². The monoisotopic (exact) mass is 142 g/mol. The molecule has 0 nitrogen and oxygen atoms in total. The SMILES string of the molecule is Cc1ccc(P)c(F)c1. The molecular weight excluding hydrogens is 134 g/mol. The van der Waals surface area contributed by atoms with Crippen molar-refractivity contribution >= 4 is 14.5 Å². The van der Waals surface area contributed by atoms with Crippen LogP contribution in [0.5, 0.6) is 0 Å². The third-order valence-corrected chi connectivity index (χ3v) is 1.62. The Morgan fingerprint density at radius 3 is 2.56 bits per heavy atom. The van der Waals surface area contributed by atoms with Gasteiger partial charge in [0, 0.05) is 5.30 Å². The predicted octanol–water partition coefficient (Wildman–Crippen LogP) is 1.63. The van der Waals surface area contributed by atoms with Crippen LogP contribution in [0.25, 0.3) is 0 Å². The Labute approximate surface area is 56.3 Å². The fourth-order valence-electron chi connectivity index (χ4n) is 0.632. The summed E-state index contributed by atoms with van der Waals surface area (Å²) in [4.78, 5) is 0. The lowest BCUT2D eigenvalue weighted by Gasteiger charge is -1.94. The Bertz CT molecular complexity index is 220. The van der Waals surface area contributed by atoms with Crippen molar-refractivity contribution in [2.75, 3.05) is 0 Å². The zero-order valence-corrected chi connectivity index (χ0v) is 6.34. The lowest BCUT2D eigenvalue weighted by Crippen LogP contribution is -1.96. The summed E-state index contributed by atoms with van der Waals surface area (Å²) in [5, 5.41) is 0.626. The van der Waals surface area contributed by atoms with Crippen LogP contribution < -0.4 is 5.30 Å². The maximum atomic E-state index is 12.6. The smallest absolute Gasteiger partial charge is 0.130 e. The molecular formula is C7H8FP. The molecule has 9 heavy (non-hydrogen) atoms. The molecule has 2 heteroatoms. The number of rotatable bonds is 0. The van der Waals surface area contributed by atoms with E-state index in [1.165, 1.54) is 6.07 Å². The summed E-state index contributed by atoms with van der Waals surface area (Å²) in [6.07, 6.45) is 0. The summed E-state index contributed by atoms with van der Waals surface area (Å²) in [6.45, 7) is 1.87. The quantitative estimate of drug-likeness (QED) is 0.483. The first-order valence-corrected chi connectivity index (χ1v) is 3.29. The van der Waals surface area contributed by atoms with E-state index >= 15 is 0 Å². The van der Waals surface area contributed by atoms with Gasteiger partial charge in [-0.05, 0) is 18.6 Å². The average Bonchev–Trinajstić information content (AvgIpc) is 1.80. The van der Waals surface area contributed by atoms with Crippen LogP contribution >= 0.6 is 9.24 Å². The Hall–Kier alpha value is -0.420. The van der Waals surface area contributed by atoms with Gasteiger partial charge in [-0.2, -0.15) is 0 Å². The first-order valence-electron chi connectivity index (χ1n) is 2.72. The minimum Gasteiger partial charge on any atom is -0.206 e. The lowest BCUT2D eigenvalue weighted by atomic mass is 10.2. The van der Waals surface area contributed by atoms with Crippen molar-refractivity contribution in [3.63, 3.8) is 0 Å². The van der Waals surface area contributed by atoms with Crippen molar-refractivity contribution in [1.29, 1.82) is 0 Å². The Balaban J connectivity index is 3.17. The minimum absolute atomic E-state index is 0.153. The molecule has 0 N–H and O–H groups in total. The number of aryl methyl sites for hydroxylation is 1. The van der Waals surface area contributed by atoms with Crippen molar-refractivity contribution in [2.24, 2.45) is 0 Å². The zero-order chi connectivity index (χ0) is 6.85. The molecule has 0 spiro atoms. The number of benzene rings is 1. The predicted molar refractivity (Wildman–Crippen MR) is 40.5 cm³/mol. The second-order valence-electron chi connectivity index (χ2n) is 2.02. The van der Waals surface area contributed by atoms with Crippen LogP contribution in [-0.4, -0.2) is 0 Å². The summed E-state index contributed by atoms with van der Waals surface area (Å²) >= 11 is 0. The molecule has 0 aliphatic heterocycles. The zero-order valence-electron chi connectivity index (χ0n) is 5.19. The summed E-state index contributed by atoms with van der Waals surface area (Å²) in [5.74, 6) is -0.153. The molecule has 1 unspecified atom stereocenters. The lowest BCUT2D eigenvalue weighted by molar-refractivity contribution is 0.635. The van der Waals surface area contributed by atoms with E-state index in [2.05, 4.69) is 9.24 Å². The van der Waals surface area contributed by atoms with E-state index in [9.17, 15) is 4.39 Å². The van der Waals surface area contributed by atoms with Crippen LogP contribution in [0.1, 0.15) is 5.56 Å². The number of hydrogen-bond acceptors (Lipinski definition) is 0. The number of hydrogen-bond donors (Lipinski definition) is 0. The third kappa shape index (κ3) is 1.49. The highest BCUT2D eigenvalue weighted by molar-refractivity contribution is 7.27. The van der Waals surface area contributed by atoms with E-state index in [1.807, 2.05) is 13.0 Å². The normalized spacial score (nSPS) is 9.67. The molecule has 0 bridgehead atoms. The molecule has 0 saturated carbocycles. The van der Waals surface area contributed by atoms with Gasteiger partial charge in [0.05, 0.1) is 0 Å². The van der Waals surface area contributed by atoms with Gasteiger partial charge in [0.1, 0.15) is 5.82 Å². The van der Waals surface area contributed by atoms with Crippen molar-refractivity contribution in [2.45, 2.75) is 6.92 Å². The van der Waals surface area contributed by atoms with Crippen LogP contribution in [-0.2, 0) is 0 Å². The molecule has 0 fully saturated rings. The molecule has 0 aromatic heterocycles. The molecule has 1 aromatic carbocycles. The summed E-state index contributed by atoms with van der Waals surface area (Å²) in [6, 6.07) is 5.14. The molecule has 1 atom stereocenters. The summed E-state index contributed by atoms with van der Waals surface area (Å²) in [7, 11) is 2.33. The fourth-order valence-corrected chi connectivity index (χ4v) is 0.812. The van der Waals surface area contributed by atoms with Crippen LogP contribution in [0.3, 0.4) is 0 Å². The van der Waals surface area contributed by atoms with E-state index in [-0.39, 0.29) is 5.82 Å². The summed E-state index contributed by atoms with van der Waals surface area (Å²) in [5.41, 5.74) is 0.957. The topological polar surface area (TPSA) is 0 Å². The van der Waals surface area contributed by atoms with Gasteiger partial charge >= 0.3 is 0 Å². The first kappa shape index (κ1) is 6.70. The van der Waals surface area contributed by atoms with Crippen molar-refractivity contribution in [3.8, 4) is 0 Å². The molecule has 0 heterocycles. The van der Waals surface area contributed by atoms with Gasteiger partial charge in [0.15, 0.2) is 0 Å². The molecule has 1 rings (SSSR count). The maximum Gasteiger partial charge on any atom is 0.130 e. The van der Waals surface area contributed by atoms with Gasteiger partial charge in [-0.15, -0.1) is 9.24 Å². The van der Waals surface area contributed by atoms with Gasteiger partial charge in [-0.1, -0.05) is 12.1 Å². The molecule has 0 aliphatic rings. The Morgan fingerprint density at radius 1 is 1.44 bits per heavy atom. The Kier molecular flexibility index (Phi) is 1.82. The van der Waals surface area contributed by atoms with Crippen LogP contribution in [0.15, 0.2) is 18.2 Å². The highest BCUT2D eigenvalue weighted by Crippen LogP contribution is 2.01. The number of halogens is 1. The van der Waals surface area contributed by atoms with Crippen LogP contribution in [0.2, 0.25) is 0 Å². The van der Waals surface area contributed by atoms with Crippen LogP contribution in [0, 0.1) is 12.7 Å². The Morgan fingerprint density at radius 2 is 2.11 bits per heavy atom. The molecule has 0 amide bonds. The van der Waals surface area contributed by atoms with Crippen LogP contribution in [0.4, 0.5) is 4.39 Å². The third-order valence-electron chi connectivity index (χ3n) is 1.16. The second kappa shape index (κ2) is 2.45. The fraction of sp³-hybridized carbons (Fsp3) is 0.143. The van der Waals surface area contributed by atoms with E-state index < -0.39 is 0 Å². The average molecular weight is 142 g/mol. The minimum atomic E-state index is -0.153. The van der Waals surface area contributed by atoms with Gasteiger partial charge in [0.25, 0.3) is 0 Å². The van der Waals surface area contributed by atoms with Crippen molar-refractivity contribution in [1.82, 2.24) is 0 Å². The highest BCUT2D eigenvalue weighted by Gasteiger charge is 1.93. The molecule has 48 valence electrons. The van der Waals surface area contributed by atoms with E-state index in [0.29, 0.717) is 5.30 Å². The standard InChI is InChI=1S/C7H8FP/c1-5-2-3-7(9)6(8)4-5/h2-4H,9H2,1H3. The van der Waals surface area contributed by atoms with Crippen molar-refractivity contribution < 1.29 is 4.39 Å². The first-order chi connectivity index (χ1) is 4.20. The van der Waals surface area contributed by atoms with Gasteiger partial charge in [0.2, 0.25) is 0 Å². The molecule has 0 radical (unpaired) electrons. The van der Waals surface area contributed by atoms with Gasteiger partial charge < -0.3 is 0 Å². The molecule has 1 aromatic rings.